The van der Waals surface area contributed by atoms with Crippen LogP contribution >= 0.6 is 11.6 Å². The Morgan fingerprint density at radius 3 is 2.42 bits per heavy atom. The van der Waals surface area contributed by atoms with Gasteiger partial charge in [-0.25, -0.2) is 13.2 Å². The maximum Gasteiger partial charge on any atom is 0.328 e. The van der Waals surface area contributed by atoms with Crippen LogP contribution in [0.1, 0.15) is 5.56 Å². The Hall–Kier alpha value is -4.03. The molecule has 36 heavy (non-hydrogen) atoms. The number of para-hydroxylation sites is 1. The monoisotopic (exact) mass is 530 g/mol. The fraction of sp³-hybridized carbons (Fsp3) is 0.174. The van der Waals surface area contributed by atoms with Crippen molar-refractivity contribution < 1.29 is 22.8 Å². The average molecular weight is 531 g/mol. The van der Waals surface area contributed by atoms with Crippen molar-refractivity contribution in [3.05, 3.63) is 85.8 Å². The lowest BCUT2D eigenvalue weighted by molar-refractivity contribution is -0.387. The molecule has 13 heteroatoms. The number of hydrogen-bond donors (Lipinski definition) is 0. The van der Waals surface area contributed by atoms with Gasteiger partial charge in [-0.15, -0.1) is 0 Å². The summed E-state index contributed by atoms with van der Waals surface area (Å²) in [5.41, 5.74) is 0.817. The van der Waals surface area contributed by atoms with Gasteiger partial charge in [0.1, 0.15) is 0 Å². The van der Waals surface area contributed by atoms with Crippen molar-refractivity contribution in [1.29, 1.82) is 0 Å². The Labute approximate surface area is 209 Å². The molecule has 11 nitrogen and oxygen atoms in total. The van der Waals surface area contributed by atoms with Crippen molar-refractivity contribution in [2.24, 2.45) is 14.1 Å². The van der Waals surface area contributed by atoms with Crippen LogP contribution in [0.2, 0.25) is 5.02 Å². The molecular weight excluding hydrogens is 512 g/mol. The SMILES string of the molecule is Cn1c(=O)n(C)c2cc(N(Cc3cc4c(cc3Cl)OCO4)S(=O)(=O)c3ccccc3[N+](=O)[O-])ccc21. The van der Waals surface area contributed by atoms with Gasteiger partial charge in [0.15, 0.2) is 16.4 Å². The minimum atomic E-state index is -4.48. The predicted octanol–water partition coefficient (Wildman–Crippen LogP) is 3.56. The van der Waals surface area contributed by atoms with Gasteiger partial charge in [-0.2, -0.15) is 0 Å². The summed E-state index contributed by atoms with van der Waals surface area (Å²) in [4.78, 5) is 22.9. The molecule has 186 valence electrons. The third kappa shape index (κ3) is 3.74. The minimum absolute atomic E-state index is 0.00599. The number of hydrogen-bond acceptors (Lipinski definition) is 7. The van der Waals surface area contributed by atoms with E-state index < -0.39 is 25.5 Å². The molecule has 0 fully saturated rings. The van der Waals surface area contributed by atoms with E-state index in [1.54, 1.807) is 32.3 Å². The highest BCUT2D eigenvalue weighted by Gasteiger charge is 2.33. The van der Waals surface area contributed by atoms with E-state index in [1.807, 2.05) is 0 Å². The van der Waals surface area contributed by atoms with E-state index in [0.717, 1.165) is 10.4 Å². The number of imidazole rings is 1. The van der Waals surface area contributed by atoms with E-state index in [4.69, 9.17) is 21.1 Å². The summed E-state index contributed by atoms with van der Waals surface area (Å²) in [5, 5.41) is 11.9. The Kier molecular flexibility index (Phi) is 5.64. The summed E-state index contributed by atoms with van der Waals surface area (Å²) >= 11 is 6.45. The predicted molar refractivity (Wildman–Crippen MR) is 132 cm³/mol. The largest absolute Gasteiger partial charge is 0.454 e. The van der Waals surface area contributed by atoms with Crippen molar-refractivity contribution >= 4 is 44.0 Å². The number of nitro benzene ring substituents is 1. The number of rotatable bonds is 6. The summed E-state index contributed by atoms with van der Waals surface area (Å²) in [7, 11) is -1.29. The molecule has 0 saturated carbocycles. The van der Waals surface area contributed by atoms with Crippen molar-refractivity contribution in [1.82, 2.24) is 9.13 Å². The van der Waals surface area contributed by atoms with Gasteiger partial charge in [0.25, 0.3) is 15.7 Å². The van der Waals surface area contributed by atoms with Gasteiger partial charge in [-0.3, -0.25) is 23.6 Å². The number of nitro groups is 1. The molecule has 0 N–H and O–H groups in total. The van der Waals surface area contributed by atoms with Gasteiger partial charge < -0.3 is 9.47 Å². The third-order valence-electron chi connectivity index (χ3n) is 6.03. The number of aromatic nitrogens is 2. The molecule has 0 atom stereocenters. The molecule has 3 aromatic carbocycles. The zero-order valence-corrected chi connectivity index (χ0v) is 20.6. The number of anilines is 1. The number of ether oxygens (including phenoxy) is 2. The first kappa shape index (κ1) is 23.7. The zero-order valence-electron chi connectivity index (χ0n) is 19.0. The topological polar surface area (TPSA) is 126 Å². The summed E-state index contributed by atoms with van der Waals surface area (Å²) in [5.74, 6) is 0.830. The number of fused-ring (bicyclic) bond motifs is 2. The van der Waals surface area contributed by atoms with Crippen LogP contribution in [0.15, 0.2) is 64.3 Å². The van der Waals surface area contributed by atoms with Crippen molar-refractivity contribution in [3.8, 4) is 11.5 Å². The lowest BCUT2D eigenvalue weighted by Gasteiger charge is -2.25. The smallest absolute Gasteiger partial charge is 0.328 e. The Bertz CT molecular complexity index is 1710. The van der Waals surface area contributed by atoms with Crippen molar-refractivity contribution in [2.75, 3.05) is 11.1 Å². The molecule has 1 aliphatic heterocycles. The van der Waals surface area contributed by atoms with Crippen molar-refractivity contribution in [2.45, 2.75) is 11.4 Å². The second-order valence-electron chi connectivity index (χ2n) is 8.11. The Balaban J connectivity index is 1.72. The minimum Gasteiger partial charge on any atom is -0.454 e. The highest BCUT2D eigenvalue weighted by atomic mass is 35.5. The average Bonchev–Trinajstić information content (AvgIpc) is 3.40. The molecular formula is C23H19ClN4O7S. The standard InChI is InChI=1S/C23H19ClN4O7S/c1-25-17-8-7-15(10-19(17)26(2)23(25)29)27(12-14-9-20-21(11-16(14)24)35-13-34-20)36(32,33)22-6-4-3-5-18(22)28(30)31/h3-11H,12-13H2,1-2H3. The first-order valence-electron chi connectivity index (χ1n) is 10.6. The Morgan fingerprint density at radius 1 is 1.03 bits per heavy atom. The maximum absolute atomic E-state index is 13.9. The van der Waals surface area contributed by atoms with Gasteiger partial charge in [-0.05, 0) is 35.9 Å². The van der Waals surface area contributed by atoms with Crippen LogP contribution in [0.3, 0.4) is 0 Å². The number of nitrogens with zero attached hydrogens (tertiary/aromatic N) is 4. The van der Waals surface area contributed by atoms with Gasteiger partial charge in [-0.1, -0.05) is 23.7 Å². The van der Waals surface area contributed by atoms with Crippen LogP contribution in [0.25, 0.3) is 11.0 Å². The molecule has 0 unspecified atom stereocenters. The van der Waals surface area contributed by atoms with E-state index in [1.165, 1.54) is 39.5 Å². The van der Waals surface area contributed by atoms with Crippen LogP contribution in [-0.4, -0.2) is 29.3 Å². The summed E-state index contributed by atoms with van der Waals surface area (Å²) in [6, 6.07) is 12.9. The lowest BCUT2D eigenvalue weighted by atomic mass is 10.2. The molecule has 1 aromatic heterocycles. The van der Waals surface area contributed by atoms with Gasteiger partial charge in [0.2, 0.25) is 6.79 Å². The molecule has 0 amide bonds. The van der Waals surface area contributed by atoms with E-state index in [0.29, 0.717) is 28.1 Å². The van der Waals surface area contributed by atoms with Gasteiger partial charge in [0.05, 0.1) is 28.2 Å². The highest BCUT2D eigenvalue weighted by molar-refractivity contribution is 7.93. The summed E-state index contributed by atoms with van der Waals surface area (Å²) < 4.78 is 42.5. The van der Waals surface area contributed by atoms with Crippen LogP contribution in [-0.2, 0) is 30.7 Å². The van der Waals surface area contributed by atoms with Crippen molar-refractivity contribution in [3.63, 3.8) is 0 Å². The van der Waals surface area contributed by atoms with Crippen LogP contribution in [0.5, 0.6) is 11.5 Å². The number of aryl methyl sites for hydroxylation is 2. The number of halogens is 1. The fourth-order valence-electron chi connectivity index (χ4n) is 4.15. The van der Waals surface area contributed by atoms with Crippen LogP contribution in [0, 0.1) is 10.1 Å². The zero-order chi connectivity index (χ0) is 25.8. The van der Waals surface area contributed by atoms with Crippen LogP contribution < -0.4 is 19.5 Å². The van der Waals surface area contributed by atoms with E-state index in [-0.39, 0.29) is 29.7 Å². The lowest BCUT2D eigenvalue weighted by Crippen LogP contribution is -2.31. The van der Waals surface area contributed by atoms with Crippen LogP contribution in [0.4, 0.5) is 11.4 Å². The fourth-order valence-corrected chi connectivity index (χ4v) is 5.95. The molecule has 0 bridgehead atoms. The molecule has 4 aromatic rings. The third-order valence-corrected chi connectivity index (χ3v) is 8.20. The highest BCUT2D eigenvalue weighted by Crippen LogP contribution is 2.39. The maximum atomic E-state index is 13.9. The second-order valence-corrected chi connectivity index (χ2v) is 10.3. The van der Waals surface area contributed by atoms with E-state index in [9.17, 15) is 23.3 Å². The second kappa shape index (κ2) is 8.57. The Morgan fingerprint density at radius 2 is 1.69 bits per heavy atom. The number of benzene rings is 3. The molecule has 1 aliphatic rings. The first-order valence-corrected chi connectivity index (χ1v) is 12.4. The first-order chi connectivity index (χ1) is 17.1. The summed E-state index contributed by atoms with van der Waals surface area (Å²) in [6.45, 7) is -0.262. The molecule has 2 heterocycles. The number of sulfonamides is 1. The molecule has 0 spiro atoms. The quantitative estimate of drug-likeness (QED) is 0.275. The molecule has 0 saturated heterocycles. The normalized spacial score (nSPS) is 12.8. The van der Waals surface area contributed by atoms with Gasteiger partial charge >= 0.3 is 5.69 Å². The van der Waals surface area contributed by atoms with Gasteiger partial charge in [0, 0.05) is 31.3 Å². The van der Waals surface area contributed by atoms with E-state index in [2.05, 4.69) is 0 Å². The molecule has 0 radical (unpaired) electrons. The molecule has 5 rings (SSSR count). The summed E-state index contributed by atoms with van der Waals surface area (Å²) in [6.07, 6.45) is 0. The van der Waals surface area contributed by atoms with E-state index >= 15 is 0 Å². The molecule has 0 aliphatic carbocycles.